The maximum absolute atomic E-state index is 3.33. The Morgan fingerprint density at radius 3 is 2.39 bits per heavy atom. The second kappa shape index (κ2) is 9.83. The lowest BCUT2D eigenvalue weighted by molar-refractivity contribution is 0.221. The summed E-state index contributed by atoms with van der Waals surface area (Å²) in [6.07, 6.45) is 14.6. The molecule has 0 amide bonds. The van der Waals surface area contributed by atoms with Crippen molar-refractivity contribution in [2.45, 2.75) is 78.1 Å². The van der Waals surface area contributed by atoms with E-state index in [-0.39, 0.29) is 0 Å². The van der Waals surface area contributed by atoms with E-state index in [0.29, 0.717) is 0 Å². The largest absolute Gasteiger partial charge is 0.320 e. The first-order chi connectivity index (χ1) is 8.77. The monoisotopic (exact) mass is 253 g/mol. The van der Waals surface area contributed by atoms with Crippen LogP contribution in [0.3, 0.4) is 0 Å². The molecule has 1 aliphatic carbocycles. The average molecular weight is 253 g/mol. The van der Waals surface area contributed by atoms with Gasteiger partial charge in [-0.25, -0.2) is 0 Å². The molecule has 0 aromatic carbocycles. The van der Waals surface area contributed by atoms with Crippen molar-refractivity contribution in [3.8, 4) is 0 Å². The zero-order valence-electron chi connectivity index (χ0n) is 13.0. The SMILES string of the molecule is CC[C@@H](CCNC)C1CCCCCCCC(C)C1. The number of hydrogen-bond acceptors (Lipinski definition) is 1. The fraction of sp³-hybridized carbons (Fsp3) is 1.00. The third-order valence-electron chi connectivity index (χ3n) is 4.93. The Morgan fingerprint density at radius 1 is 1.06 bits per heavy atom. The summed E-state index contributed by atoms with van der Waals surface area (Å²) in [5, 5.41) is 3.33. The van der Waals surface area contributed by atoms with Crippen LogP contribution < -0.4 is 5.32 Å². The second-order valence-corrected chi connectivity index (χ2v) is 6.51. The highest BCUT2D eigenvalue weighted by atomic mass is 14.8. The van der Waals surface area contributed by atoms with E-state index in [1.807, 2.05) is 0 Å². The zero-order valence-corrected chi connectivity index (χ0v) is 13.0. The Hall–Kier alpha value is -0.0400. The molecule has 108 valence electrons. The van der Waals surface area contributed by atoms with E-state index < -0.39 is 0 Å². The molecular weight excluding hydrogens is 218 g/mol. The fourth-order valence-corrected chi connectivity index (χ4v) is 3.71. The van der Waals surface area contributed by atoms with E-state index in [2.05, 4.69) is 26.2 Å². The fourth-order valence-electron chi connectivity index (χ4n) is 3.71. The van der Waals surface area contributed by atoms with Crippen LogP contribution in [0.5, 0.6) is 0 Å². The molecule has 0 radical (unpaired) electrons. The molecule has 1 rings (SSSR count). The van der Waals surface area contributed by atoms with E-state index in [0.717, 1.165) is 17.8 Å². The summed E-state index contributed by atoms with van der Waals surface area (Å²) < 4.78 is 0. The van der Waals surface area contributed by atoms with Crippen LogP contribution in [0.2, 0.25) is 0 Å². The molecule has 1 N–H and O–H groups in total. The molecule has 2 unspecified atom stereocenters. The summed E-state index contributed by atoms with van der Waals surface area (Å²) in [6.45, 7) is 6.08. The molecule has 1 aliphatic rings. The van der Waals surface area contributed by atoms with Gasteiger partial charge in [0.05, 0.1) is 0 Å². The molecule has 1 fully saturated rings. The van der Waals surface area contributed by atoms with Crippen LogP contribution >= 0.6 is 0 Å². The predicted octanol–water partition coefficient (Wildman–Crippen LogP) is 5.01. The Bertz CT molecular complexity index is 190. The summed E-state index contributed by atoms with van der Waals surface area (Å²) >= 11 is 0. The van der Waals surface area contributed by atoms with Gasteiger partial charge >= 0.3 is 0 Å². The minimum atomic E-state index is 0.955. The molecule has 1 saturated carbocycles. The van der Waals surface area contributed by atoms with E-state index in [1.54, 1.807) is 0 Å². The number of rotatable bonds is 5. The molecule has 0 heterocycles. The van der Waals surface area contributed by atoms with Gasteiger partial charge < -0.3 is 5.32 Å². The Kier molecular flexibility index (Phi) is 8.75. The third kappa shape index (κ3) is 6.22. The molecule has 1 heteroatoms. The first-order valence-electron chi connectivity index (χ1n) is 8.42. The highest BCUT2D eigenvalue weighted by Gasteiger charge is 2.22. The Labute approximate surface area is 115 Å². The lowest BCUT2D eigenvalue weighted by atomic mass is 9.77. The van der Waals surface area contributed by atoms with Crippen LogP contribution in [0.25, 0.3) is 0 Å². The van der Waals surface area contributed by atoms with Gasteiger partial charge in [-0.05, 0) is 44.2 Å². The van der Waals surface area contributed by atoms with Crippen molar-refractivity contribution < 1.29 is 0 Å². The van der Waals surface area contributed by atoms with Crippen LogP contribution in [0.15, 0.2) is 0 Å². The summed E-state index contributed by atoms with van der Waals surface area (Å²) in [5.74, 6) is 2.91. The van der Waals surface area contributed by atoms with Gasteiger partial charge in [0.25, 0.3) is 0 Å². The summed E-state index contributed by atoms with van der Waals surface area (Å²) in [4.78, 5) is 0. The second-order valence-electron chi connectivity index (χ2n) is 6.51. The predicted molar refractivity (Wildman–Crippen MR) is 81.9 cm³/mol. The van der Waals surface area contributed by atoms with E-state index in [1.165, 1.54) is 70.8 Å². The first-order valence-corrected chi connectivity index (χ1v) is 8.42. The minimum absolute atomic E-state index is 0.955. The van der Waals surface area contributed by atoms with Crippen LogP contribution in [-0.4, -0.2) is 13.6 Å². The molecule has 0 saturated heterocycles. The maximum atomic E-state index is 3.33. The molecule has 0 aromatic rings. The number of nitrogens with one attached hydrogen (secondary N) is 1. The van der Waals surface area contributed by atoms with Crippen LogP contribution in [0.4, 0.5) is 0 Å². The lowest BCUT2D eigenvalue weighted by Crippen LogP contribution is -2.22. The highest BCUT2D eigenvalue weighted by Crippen LogP contribution is 2.33. The maximum Gasteiger partial charge on any atom is -0.00492 e. The van der Waals surface area contributed by atoms with Gasteiger partial charge in [-0.15, -0.1) is 0 Å². The lowest BCUT2D eigenvalue weighted by Gasteiger charge is -2.30. The van der Waals surface area contributed by atoms with Crippen molar-refractivity contribution in [2.24, 2.45) is 17.8 Å². The van der Waals surface area contributed by atoms with Gasteiger partial charge in [0.1, 0.15) is 0 Å². The van der Waals surface area contributed by atoms with Crippen molar-refractivity contribution in [2.75, 3.05) is 13.6 Å². The Balaban J connectivity index is 2.49. The van der Waals surface area contributed by atoms with Gasteiger partial charge in [0.2, 0.25) is 0 Å². The third-order valence-corrected chi connectivity index (χ3v) is 4.93. The van der Waals surface area contributed by atoms with Crippen molar-refractivity contribution in [1.29, 1.82) is 0 Å². The normalized spacial score (nSPS) is 28.8. The molecule has 1 nitrogen and oxygen atoms in total. The molecule has 0 spiro atoms. The minimum Gasteiger partial charge on any atom is -0.320 e. The van der Waals surface area contributed by atoms with Gasteiger partial charge in [0.15, 0.2) is 0 Å². The summed E-state index contributed by atoms with van der Waals surface area (Å²) in [7, 11) is 2.09. The number of hydrogen-bond donors (Lipinski definition) is 1. The van der Waals surface area contributed by atoms with E-state index in [9.17, 15) is 0 Å². The average Bonchev–Trinajstić information content (AvgIpc) is 2.38. The molecule has 0 aromatic heterocycles. The van der Waals surface area contributed by atoms with Crippen molar-refractivity contribution >= 4 is 0 Å². The molecule has 18 heavy (non-hydrogen) atoms. The van der Waals surface area contributed by atoms with Gasteiger partial charge in [-0.1, -0.05) is 65.2 Å². The summed E-state index contributed by atoms with van der Waals surface area (Å²) in [6, 6.07) is 0. The van der Waals surface area contributed by atoms with Gasteiger partial charge in [0, 0.05) is 0 Å². The van der Waals surface area contributed by atoms with Crippen molar-refractivity contribution in [3.63, 3.8) is 0 Å². The van der Waals surface area contributed by atoms with Gasteiger partial charge in [-0.2, -0.15) is 0 Å². The van der Waals surface area contributed by atoms with E-state index >= 15 is 0 Å². The smallest absolute Gasteiger partial charge is 0.00492 e. The highest BCUT2D eigenvalue weighted by molar-refractivity contribution is 4.74. The molecule has 0 aliphatic heterocycles. The molecular formula is C17H35N. The molecule has 3 atom stereocenters. The van der Waals surface area contributed by atoms with Crippen molar-refractivity contribution in [3.05, 3.63) is 0 Å². The summed E-state index contributed by atoms with van der Waals surface area (Å²) in [5.41, 5.74) is 0. The van der Waals surface area contributed by atoms with Crippen LogP contribution in [0, 0.1) is 17.8 Å². The zero-order chi connectivity index (χ0) is 13.2. The first kappa shape index (κ1) is 16.0. The topological polar surface area (TPSA) is 12.0 Å². The van der Waals surface area contributed by atoms with E-state index in [4.69, 9.17) is 0 Å². The van der Waals surface area contributed by atoms with Gasteiger partial charge in [-0.3, -0.25) is 0 Å². The Morgan fingerprint density at radius 2 is 1.72 bits per heavy atom. The quantitative estimate of drug-likeness (QED) is 0.726. The van der Waals surface area contributed by atoms with Crippen molar-refractivity contribution in [1.82, 2.24) is 5.32 Å². The van der Waals surface area contributed by atoms with Crippen LogP contribution in [-0.2, 0) is 0 Å². The standard InChI is InChI=1S/C17H35N/c1-4-16(12-13-18-3)17-11-9-7-5-6-8-10-15(2)14-17/h15-18H,4-14H2,1-3H3/t15?,16-,17?/m0/s1. The van der Waals surface area contributed by atoms with Crippen LogP contribution in [0.1, 0.15) is 78.1 Å². The molecule has 0 bridgehead atoms.